The second kappa shape index (κ2) is 7.73. The molecule has 2 aromatic carbocycles. The molecule has 0 N–H and O–H groups in total. The molecule has 2 amide bonds. The lowest BCUT2D eigenvalue weighted by molar-refractivity contribution is -0.136. The van der Waals surface area contributed by atoms with E-state index in [0.29, 0.717) is 19.6 Å². The number of carbonyl (C=O) groups excluding carboxylic acids is 2. The van der Waals surface area contributed by atoms with E-state index in [0.717, 1.165) is 16.8 Å². The van der Waals surface area contributed by atoms with Crippen LogP contribution in [-0.2, 0) is 16.1 Å². The van der Waals surface area contributed by atoms with Crippen molar-refractivity contribution in [3.63, 3.8) is 0 Å². The number of aryl methyl sites for hydroxylation is 2. The van der Waals surface area contributed by atoms with Gasteiger partial charge < -0.3 is 9.80 Å². The SMILES string of the molecule is CCN(Cc1ccccc1)C(=O)[C@H]1CC(=O)N(c2ccc(C)c(C)c2)C1. The van der Waals surface area contributed by atoms with Gasteiger partial charge in [-0.3, -0.25) is 9.59 Å². The van der Waals surface area contributed by atoms with E-state index >= 15 is 0 Å². The highest BCUT2D eigenvalue weighted by Crippen LogP contribution is 2.28. The summed E-state index contributed by atoms with van der Waals surface area (Å²) in [5.41, 5.74) is 4.36. The Hall–Kier alpha value is -2.62. The predicted octanol–water partition coefficient (Wildman–Crippen LogP) is 3.71. The molecule has 0 unspecified atom stereocenters. The van der Waals surface area contributed by atoms with Crippen LogP contribution in [0.3, 0.4) is 0 Å². The van der Waals surface area contributed by atoms with Crippen molar-refractivity contribution in [2.75, 3.05) is 18.0 Å². The van der Waals surface area contributed by atoms with Crippen LogP contribution in [0.25, 0.3) is 0 Å². The van der Waals surface area contributed by atoms with Crippen LogP contribution in [0, 0.1) is 19.8 Å². The summed E-state index contributed by atoms with van der Waals surface area (Å²) in [6.07, 6.45) is 0.289. The Balaban J connectivity index is 1.72. The number of benzene rings is 2. The second-order valence-corrected chi connectivity index (χ2v) is 7.01. The number of hydrogen-bond donors (Lipinski definition) is 0. The minimum absolute atomic E-state index is 0.0300. The van der Waals surface area contributed by atoms with Crippen LogP contribution in [0.2, 0.25) is 0 Å². The smallest absolute Gasteiger partial charge is 0.228 e. The van der Waals surface area contributed by atoms with Gasteiger partial charge in [0.25, 0.3) is 0 Å². The Bertz CT molecular complexity index is 801. The monoisotopic (exact) mass is 350 g/mol. The highest BCUT2D eigenvalue weighted by Gasteiger charge is 2.37. The topological polar surface area (TPSA) is 40.6 Å². The summed E-state index contributed by atoms with van der Waals surface area (Å²) < 4.78 is 0. The van der Waals surface area contributed by atoms with Crippen LogP contribution in [-0.4, -0.2) is 29.8 Å². The van der Waals surface area contributed by atoms with Crippen molar-refractivity contribution in [1.82, 2.24) is 4.90 Å². The third-order valence-corrected chi connectivity index (χ3v) is 5.19. The second-order valence-electron chi connectivity index (χ2n) is 7.01. The summed E-state index contributed by atoms with van der Waals surface area (Å²) >= 11 is 0. The third kappa shape index (κ3) is 3.79. The zero-order chi connectivity index (χ0) is 18.7. The fourth-order valence-corrected chi connectivity index (χ4v) is 3.42. The zero-order valence-corrected chi connectivity index (χ0v) is 15.7. The first-order valence-electron chi connectivity index (χ1n) is 9.20. The van der Waals surface area contributed by atoms with Gasteiger partial charge in [0.2, 0.25) is 11.8 Å². The molecular formula is C22H26N2O2. The van der Waals surface area contributed by atoms with Crippen molar-refractivity contribution >= 4 is 17.5 Å². The lowest BCUT2D eigenvalue weighted by atomic mass is 10.1. The molecule has 0 bridgehead atoms. The summed E-state index contributed by atoms with van der Waals surface area (Å²) in [6, 6.07) is 16.0. The highest BCUT2D eigenvalue weighted by atomic mass is 16.2. The van der Waals surface area contributed by atoms with Gasteiger partial charge in [0.05, 0.1) is 5.92 Å². The maximum absolute atomic E-state index is 13.0. The van der Waals surface area contributed by atoms with Gasteiger partial charge >= 0.3 is 0 Å². The minimum Gasteiger partial charge on any atom is -0.338 e. The lowest BCUT2D eigenvalue weighted by Crippen LogP contribution is -2.37. The molecule has 1 aliphatic rings. The fraction of sp³-hybridized carbons (Fsp3) is 0.364. The summed E-state index contributed by atoms with van der Waals surface area (Å²) in [7, 11) is 0. The van der Waals surface area contributed by atoms with Crippen molar-refractivity contribution in [3.05, 3.63) is 65.2 Å². The van der Waals surface area contributed by atoms with Crippen molar-refractivity contribution in [1.29, 1.82) is 0 Å². The summed E-state index contributed by atoms with van der Waals surface area (Å²) in [4.78, 5) is 29.1. The zero-order valence-electron chi connectivity index (χ0n) is 15.7. The first-order valence-corrected chi connectivity index (χ1v) is 9.20. The fourth-order valence-electron chi connectivity index (χ4n) is 3.42. The highest BCUT2D eigenvalue weighted by molar-refractivity contribution is 6.00. The quantitative estimate of drug-likeness (QED) is 0.825. The molecule has 26 heavy (non-hydrogen) atoms. The van der Waals surface area contributed by atoms with E-state index in [1.54, 1.807) is 4.90 Å². The Morgan fingerprint density at radius 2 is 1.85 bits per heavy atom. The number of rotatable bonds is 5. The van der Waals surface area contributed by atoms with Crippen molar-refractivity contribution in [3.8, 4) is 0 Å². The molecule has 0 saturated carbocycles. The van der Waals surface area contributed by atoms with Crippen LogP contribution in [0.1, 0.15) is 30.0 Å². The molecule has 4 heteroatoms. The predicted molar refractivity (Wildman–Crippen MR) is 104 cm³/mol. The molecule has 1 aliphatic heterocycles. The van der Waals surface area contributed by atoms with Crippen LogP contribution in [0.4, 0.5) is 5.69 Å². The van der Waals surface area contributed by atoms with Crippen LogP contribution in [0.15, 0.2) is 48.5 Å². The van der Waals surface area contributed by atoms with Gasteiger partial charge in [-0.15, -0.1) is 0 Å². The third-order valence-electron chi connectivity index (χ3n) is 5.19. The van der Waals surface area contributed by atoms with Crippen LogP contribution < -0.4 is 4.90 Å². The van der Waals surface area contributed by atoms with Gasteiger partial charge in [-0.1, -0.05) is 36.4 Å². The number of hydrogen-bond acceptors (Lipinski definition) is 2. The van der Waals surface area contributed by atoms with Gasteiger partial charge in [0.1, 0.15) is 0 Å². The summed E-state index contributed by atoms with van der Waals surface area (Å²) in [5.74, 6) is -0.175. The molecule has 0 spiro atoms. The molecule has 2 aromatic rings. The molecule has 1 saturated heterocycles. The van der Waals surface area contributed by atoms with E-state index < -0.39 is 0 Å². The number of amides is 2. The first-order chi connectivity index (χ1) is 12.5. The van der Waals surface area contributed by atoms with Crippen molar-refractivity contribution in [2.24, 2.45) is 5.92 Å². The molecule has 0 aliphatic carbocycles. The molecule has 1 fully saturated rings. The molecule has 0 aromatic heterocycles. The van der Waals surface area contributed by atoms with Gasteiger partial charge in [-0.25, -0.2) is 0 Å². The minimum atomic E-state index is -0.271. The molecule has 1 heterocycles. The van der Waals surface area contributed by atoms with Gasteiger partial charge in [0.15, 0.2) is 0 Å². The Labute approximate surface area is 155 Å². The van der Waals surface area contributed by atoms with Crippen molar-refractivity contribution in [2.45, 2.75) is 33.7 Å². The van der Waals surface area contributed by atoms with Crippen LogP contribution >= 0.6 is 0 Å². The largest absolute Gasteiger partial charge is 0.338 e. The maximum Gasteiger partial charge on any atom is 0.228 e. The normalized spacial score (nSPS) is 16.8. The molecule has 136 valence electrons. The average molecular weight is 350 g/mol. The Morgan fingerprint density at radius 1 is 1.12 bits per heavy atom. The van der Waals surface area contributed by atoms with Gasteiger partial charge in [0, 0.05) is 31.7 Å². The molecule has 3 rings (SSSR count). The van der Waals surface area contributed by atoms with E-state index in [4.69, 9.17) is 0 Å². The standard InChI is InChI=1S/C22H26N2O2/c1-4-23(14-18-8-6-5-7-9-18)22(26)19-13-21(25)24(15-19)20-11-10-16(2)17(3)12-20/h5-12,19H,4,13-15H2,1-3H3/t19-/m0/s1. The number of anilines is 1. The number of nitrogens with zero attached hydrogens (tertiary/aromatic N) is 2. The molecule has 4 nitrogen and oxygen atoms in total. The first kappa shape index (κ1) is 18.2. The summed E-state index contributed by atoms with van der Waals surface area (Å²) in [5, 5.41) is 0. The Morgan fingerprint density at radius 3 is 2.50 bits per heavy atom. The van der Waals surface area contributed by atoms with E-state index in [1.165, 1.54) is 5.56 Å². The average Bonchev–Trinajstić information content (AvgIpc) is 3.04. The molecule has 1 atom stereocenters. The molecule has 0 radical (unpaired) electrons. The molecular weight excluding hydrogens is 324 g/mol. The van der Waals surface area contributed by atoms with E-state index in [9.17, 15) is 9.59 Å². The van der Waals surface area contributed by atoms with E-state index in [2.05, 4.69) is 6.92 Å². The Kier molecular flexibility index (Phi) is 5.40. The number of carbonyl (C=O) groups is 2. The van der Waals surface area contributed by atoms with Gasteiger partial charge in [-0.05, 0) is 49.6 Å². The van der Waals surface area contributed by atoms with Crippen molar-refractivity contribution < 1.29 is 9.59 Å². The van der Waals surface area contributed by atoms with Gasteiger partial charge in [-0.2, -0.15) is 0 Å². The maximum atomic E-state index is 13.0. The van der Waals surface area contributed by atoms with E-state index in [-0.39, 0.29) is 24.2 Å². The summed E-state index contributed by atoms with van der Waals surface area (Å²) in [6.45, 7) is 7.78. The lowest BCUT2D eigenvalue weighted by Gasteiger charge is -2.24. The van der Waals surface area contributed by atoms with Crippen LogP contribution in [0.5, 0.6) is 0 Å². The van der Waals surface area contributed by atoms with E-state index in [1.807, 2.05) is 67.3 Å².